The van der Waals surface area contributed by atoms with Crippen LogP contribution in [0.3, 0.4) is 0 Å². The minimum absolute atomic E-state index is 0.00920. The predicted molar refractivity (Wildman–Crippen MR) is 79.5 cm³/mol. The molecule has 1 atom stereocenters. The van der Waals surface area contributed by atoms with E-state index in [0.717, 1.165) is 0 Å². The van der Waals surface area contributed by atoms with Crippen LogP contribution in [0.5, 0.6) is 0 Å². The second kappa shape index (κ2) is 8.42. The quantitative estimate of drug-likeness (QED) is 0.760. The van der Waals surface area contributed by atoms with E-state index < -0.39 is 11.8 Å². The molecule has 0 heterocycles. The SMILES string of the molecule is CCC(CNC(=O)/C=C/c1ccc(F)c(Cl)c1)CC(=O)O. The number of carbonyl (C=O) groups excluding carboxylic acids is 1. The van der Waals surface area contributed by atoms with E-state index >= 15 is 0 Å². The highest BCUT2D eigenvalue weighted by Gasteiger charge is 2.11. The van der Waals surface area contributed by atoms with E-state index in [4.69, 9.17) is 16.7 Å². The second-order valence-electron chi connectivity index (χ2n) is 4.62. The van der Waals surface area contributed by atoms with Crippen molar-refractivity contribution in [1.82, 2.24) is 5.32 Å². The van der Waals surface area contributed by atoms with Crippen LogP contribution in [0, 0.1) is 11.7 Å². The topological polar surface area (TPSA) is 66.4 Å². The van der Waals surface area contributed by atoms with Crippen molar-refractivity contribution in [3.63, 3.8) is 0 Å². The third-order valence-electron chi connectivity index (χ3n) is 2.98. The smallest absolute Gasteiger partial charge is 0.303 e. The Morgan fingerprint density at radius 3 is 2.76 bits per heavy atom. The van der Waals surface area contributed by atoms with Crippen LogP contribution in [-0.2, 0) is 9.59 Å². The van der Waals surface area contributed by atoms with Gasteiger partial charge < -0.3 is 10.4 Å². The molecule has 1 aromatic carbocycles. The summed E-state index contributed by atoms with van der Waals surface area (Å²) in [6.07, 6.45) is 3.51. The number of halogens is 2. The Balaban J connectivity index is 2.50. The van der Waals surface area contributed by atoms with E-state index in [1.165, 1.54) is 30.4 Å². The van der Waals surface area contributed by atoms with Gasteiger partial charge in [-0.15, -0.1) is 0 Å². The van der Waals surface area contributed by atoms with Crippen LogP contribution < -0.4 is 5.32 Å². The first-order chi connectivity index (χ1) is 9.92. The van der Waals surface area contributed by atoms with Gasteiger partial charge in [-0.2, -0.15) is 0 Å². The second-order valence-corrected chi connectivity index (χ2v) is 5.03. The number of carbonyl (C=O) groups is 2. The summed E-state index contributed by atoms with van der Waals surface area (Å²) in [7, 11) is 0. The zero-order chi connectivity index (χ0) is 15.8. The van der Waals surface area contributed by atoms with Gasteiger partial charge in [-0.05, 0) is 29.7 Å². The lowest BCUT2D eigenvalue weighted by atomic mass is 10.0. The van der Waals surface area contributed by atoms with E-state index in [0.29, 0.717) is 18.5 Å². The summed E-state index contributed by atoms with van der Waals surface area (Å²) in [5.41, 5.74) is 0.606. The molecule has 0 aliphatic carbocycles. The molecule has 1 amide bonds. The molecule has 0 saturated heterocycles. The van der Waals surface area contributed by atoms with Crippen molar-refractivity contribution in [2.75, 3.05) is 6.54 Å². The molecular weight excluding hydrogens is 297 g/mol. The fourth-order valence-corrected chi connectivity index (χ4v) is 1.89. The van der Waals surface area contributed by atoms with Crippen LogP contribution in [0.15, 0.2) is 24.3 Å². The molecule has 6 heteroatoms. The van der Waals surface area contributed by atoms with Gasteiger partial charge in [0.1, 0.15) is 5.82 Å². The molecule has 0 spiro atoms. The molecule has 0 aromatic heterocycles. The molecule has 1 aromatic rings. The Kier molecular flexibility index (Phi) is 6.88. The number of amides is 1. The third kappa shape index (κ3) is 6.40. The number of aliphatic carboxylic acids is 1. The van der Waals surface area contributed by atoms with Crippen molar-refractivity contribution in [2.45, 2.75) is 19.8 Å². The van der Waals surface area contributed by atoms with E-state index in [1.54, 1.807) is 0 Å². The highest BCUT2D eigenvalue weighted by Crippen LogP contribution is 2.16. The van der Waals surface area contributed by atoms with Crippen molar-refractivity contribution in [1.29, 1.82) is 0 Å². The maximum absolute atomic E-state index is 13.0. The Morgan fingerprint density at radius 2 is 2.19 bits per heavy atom. The van der Waals surface area contributed by atoms with Crippen molar-refractivity contribution in [3.05, 3.63) is 40.7 Å². The van der Waals surface area contributed by atoms with E-state index in [-0.39, 0.29) is 23.3 Å². The molecule has 1 rings (SSSR count). The summed E-state index contributed by atoms with van der Waals surface area (Å²) in [4.78, 5) is 22.2. The average molecular weight is 314 g/mol. The highest BCUT2D eigenvalue weighted by molar-refractivity contribution is 6.30. The van der Waals surface area contributed by atoms with Crippen molar-refractivity contribution >= 4 is 29.6 Å². The molecule has 0 saturated carbocycles. The fraction of sp³-hybridized carbons (Fsp3) is 0.333. The maximum Gasteiger partial charge on any atom is 0.303 e. The number of hydrogen-bond acceptors (Lipinski definition) is 2. The van der Waals surface area contributed by atoms with Crippen LogP contribution in [-0.4, -0.2) is 23.5 Å². The highest BCUT2D eigenvalue weighted by atomic mass is 35.5. The number of carboxylic acid groups (broad SMARTS) is 1. The average Bonchev–Trinajstić information content (AvgIpc) is 2.44. The fourth-order valence-electron chi connectivity index (χ4n) is 1.70. The first kappa shape index (κ1) is 17.2. The minimum Gasteiger partial charge on any atom is -0.481 e. The predicted octanol–water partition coefficient (Wildman–Crippen LogP) is 3.11. The number of hydrogen-bond donors (Lipinski definition) is 2. The van der Waals surface area contributed by atoms with Gasteiger partial charge in [-0.3, -0.25) is 9.59 Å². The number of nitrogens with one attached hydrogen (secondary N) is 1. The number of carboxylic acids is 1. The molecule has 21 heavy (non-hydrogen) atoms. The summed E-state index contributed by atoms with van der Waals surface area (Å²) in [5, 5.41) is 11.3. The lowest BCUT2D eigenvalue weighted by molar-refractivity contribution is -0.138. The third-order valence-corrected chi connectivity index (χ3v) is 3.27. The number of rotatable bonds is 7. The van der Waals surface area contributed by atoms with Crippen molar-refractivity contribution in [3.8, 4) is 0 Å². The molecule has 0 aliphatic heterocycles. The monoisotopic (exact) mass is 313 g/mol. The Labute approximate surface area is 127 Å². The molecule has 0 radical (unpaired) electrons. The normalized spacial score (nSPS) is 12.3. The molecule has 2 N–H and O–H groups in total. The van der Waals surface area contributed by atoms with Crippen LogP contribution in [0.1, 0.15) is 25.3 Å². The van der Waals surface area contributed by atoms with Gasteiger partial charge in [-0.25, -0.2) is 4.39 Å². The summed E-state index contributed by atoms with van der Waals surface area (Å²) in [5.74, 6) is -1.83. The zero-order valence-corrected chi connectivity index (χ0v) is 12.4. The van der Waals surface area contributed by atoms with Gasteiger partial charge >= 0.3 is 5.97 Å². The largest absolute Gasteiger partial charge is 0.481 e. The Morgan fingerprint density at radius 1 is 1.48 bits per heavy atom. The lowest BCUT2D eigenvalue weighted by Crippen LogP contribution is -2.28. The molecule has 0 bridgehead atoms. The van der Waals surface area contributed by atoms with Gasteiger partial charge in [0.05, 0.1) is 5.02 Å². The minimum atomic E-state index is -0.882. The van der Waals surface area contributed by atoms with Crippen LogP contribution >= 0.6 is 11.6 Å². The van der Waals surface area contributed by atoms with E-state index in [1.807, 2.05) is 6.92 Å². The molecule has 0 aliphatic rings. The Bertz CT molecular complexity index is 546. The summed E-state index contributed by atoms with van der Waals surface area (Å²) >= 11 is 5.63. The lowest BCUT2D eigenvalue weighted by Gasteiger charge is -2.12. The Hall–Kier alpha value is -1.88. The first-order valence-corrected chi connectivity index (χ1v) is 6.93. The van der Waals surface area contributed by atoms with Crippen LogP contribution in [0.2, 0.25) is 5.02 Å². The van der Waals surface area contributed by atoms with Gasteiger partial charge in [0.25, 0.3) is 0 Å². The van der Waals surface area contributed by atoms with Crippen molar-refractivity contribution in [2.24, 2.45) is 5.92 Å². The van der Waals surface area contributed by atoms with Gasteiger partial charge in [0.15, 0.2) is 0 Å². The molecule has 1 unspecified atom stereocenters. The molecule has 114 valence electrons. The maximum atomic E-state index is 13.0. The molecule has 4 nitrogen and oxygen atoms in total. The number of benzene rings is 1. The molecular formula is C15H17ClFNO3. The summed E-state index contributed by atoms with van der Waals surface area (Å²) in [6.45, 7) is 2.17. The van der Waals surface area contributed by atoms with Gasteiger partial charge in [0.2, 0.25) is 5.91 Å². The van der Waals surface area contributed by atoms with E-state index in [2.05, 4.69) is 5.32 Å². The summed E-state index contributed by atoms with van der Waals surface area (Å²) in [6, 6.07) is 4.14. The summed E-state index contributed by atoms with van der Waals surface area (Å²) < 4.78 is 13.0. The van der Waals surface area contributed by atoms with Crippen LogP contribution in [0.25, 0.3) is 6.08 Å². The van der Waals surface area contributed by atoms with E-state index in [9.17, 15) is 14.0 Å². The zero-order valence-electron chi connectivity index (χ0n) is 11.6. The van der Waals surface area contributed by atoms with Gasteiger partial charge in [-0.1, -0.05) is 31.0 Å². The van der Waals surface area contributed by atoms with Crippen molar-refractivity contribution < 1.29 is 19.1 Å². The standard InChI is InChI=1S/C15H17ClFNO3/c1-2-10(8-15(20)21)9-18-14(19)6-4-11-3-5-13(17)12(16)7-11/h3-7,10H,2,8-9H2,1H3,(H,18,19)(H,20,21)/b6-4+. The van der Waals surface area contributed by atoms with Gasteiger partial charge in [0, 0.05) is 19.0 Å². The first-order valence-electron chi connectivity index (χ1n) is 6.55. The van der Waals surface area contributed by atoms with Crippen LogP contribution in [0.4, 0.5) is 4.39 Å². The molecule has 0 fully saturated rings.